The lowest BCUT2D eigenvalue weighted by Crippen LogP contribution is -2.49. The second-order valence-corrected chi connectivity index (χ2v) is 9.69. The molecule has 0 aromatic carbocycles. The Bertz CT molecular complexity index is 417. The number of carbonyl (C=O) groups is 1. The van der Waals surface area contributed by atoms with Gasteiger partial charge in [-0.15, -0.1) is 0 Å². The van der Waals surface area contributed by atoms with Crippen molar-refractivity contribution in [3.63, 3.8) is 0 Å². The number of amides is 1. The predicted molar refractivity (Wildman–Crippen MR) is 104 cm³/mol. The number of carbonyl (C=O) groups excluding carboxylic acids is 1. The van der Waals surface area contributed by atoms with Gasteiger partial charge in [-0.1, -0.05) is 26.7 Å². The van der Waals surface area contributed by atoms with E-state index in [4.69, 9.17) is 4.74 Å². The largest absolute Gasteiger partial charge is 0.444 e. The Morgan fingerprint density at radius 3 is 2.56 bits per heavy atom. The van der Waals surface area contributed by atoms with Crippen LogP contribution in [0.3, 0.4) is 0 Å². The van der Waals surface area contributed by atoms with Gasteiger partial charge in [-0.2, -0.15) is 0 Å². The number of ether oxygens (including phenoxy) is 1. The number of alkyl carbamates (subject to hydrolysis) is 1. The minimum Gasteiger partial charge on any atom is -0.444 e. The van der Waals surface area contributed by atoms with Crippen LogP contribution in [0.15, 0.2) is 0 Å². The molecule has 1 saturated heterocycles. The fourth-order valence-corrected chi connectivity index (χ4v) is 4.58. The van der Waals surface area contributed by atoms with Crippen molar-refractivity contribution in [2.75, 3.05) is 19.6 Å². The van der Waals surface area contributed by atoms with Crippen LogP contribution >= 0.6 is 0 Å². The molecule has 2 rings (SSSR count). The highest BCUT2D eigenvalue weighted by Crippen LogP contribution is 2.29. The molecule has 0 aromatic heterocycles. The van der Waals surface area contributed by atoms with E-state index in [0.717, 1.165) is 24.8 Å². The van der Waals surface area contributed by atoms with Gasteiger partial charge in [-0.25, -0.2) is 4.79 Å². The van der Waals surface area contributed by atoms with E-state index in [0.29, 0.717) is 5.92 Å². The first-order chi connectivity index (χ1) is 11.7. The van der Waals surface area contributed by atoms with Crippen LogP contribution in [0.2, 0.25) is 0 Å². The van der Waals surface area contributed by atoms with E-state index in [2.05, 4.69) is 24.1 Å². The molecule has 3 atom stereocenters. The van der Waals surface area contributed by atoms with E-state index in [1.165, 1.54) is 51.6 Å². The predicted octanol–water partition coefficient (Wildman–Crippen LogP) is 4.83. The molecule has 0 bridgehead atoms. The number of piperidine rings is 1. The summed E-state index contributed by atoms with van der Waals surface area (Å²) in [5.41, 5.74) is -0.425. The summed E-state index contributed by atoms with van der Waals surface area (Å²) in [5, 5.41) is 3.17. The first-order valence-corrected chi connectivity index (χ1v) is 10.4. The van der Waals surface area contributed by atoms with Crippen LogP contribution in [0, 0.1) is 17.8 Å². The van der Waals surface area contributed by atoms with Crippen molar-refractivity contribution in [1.29, 1.82) is 0 Å². The summed E-state index contributed by atoms with van der Waals surface area (Å²) in [5.74, 6) is 2.22. The third-order valence-electron chi connectivity index (χ3n) is 5.51. The zero-order valence-electron chi connectivity index (χ0n) is 17.1. The highest BCUT2D eigenvalue weighted by molar-refractivity contribution is 5.68. The second kappa shape index (κ2) is 9.25. The van der Waals surface area contributed by atoms with Gasteiger partial charge in [-0.05, 0) is 77.2 Å². The van der Waals surface area contributed by atoms with Crippen molar-refractivity contribution >= 4 is 6.09 Å². The average molecular weight is 353 g/mol. The molecule has 0 radical (unpaired) electrons. The van der Waals surface area contributed by atoms with Crippen molar-refractivity contribution in [2.45, 2.75) is 91.2 Å². The van der Waals surface area contributed by atoms with Crippen LogP contribution in [0.4, 0.5) is 4.79 Å². The monoisotopic (exact) mass is 352 g/mol. The zero-order chi connectivity index (χ0) is 18.4. The molecule has 4 nitrogen and oxygen atoms in total. The number of rotatable bonds is 5. The molecule has 2 aliphatic rings. The smallest absolute Gasteiger partial charge is 0.407 e. The van der Waals surface area contributed by atoms with Crippen molar-refractivity contribution in [3.8, 4) is 0 Å². The highest BCUT2D eigenvalue weighted by atomic mass is 16.6. The second-order valence-electron chi connectivity index (χ2n) is 9.69. The maximum atomic E-state index is 12.2. The van der Waals surface area contributed by atoms with E-state index < -0.39 is 5.60 Å². The normalized spacial score (nSPS) is 28.8. The fraction of sp³-hybridized carbons (Fsp3) is 0.952. The van der Waals surface area contributed by atoms with Crippen LogP contribution < -0.4 is 5.32 Å². The number of likely N-dealkylation sites (tertiary alicyclic amines) is 1. The quantitative estimate of drug-likeness (QED) is 0.770. The van der Waals surface area contributed by atoms with Gasteiger partial charge in [0.1, 0.15) is 5.60 Å². The van der Waals surface area contributed by atoms with E-state index in [9.17, 15) is 4.79 Å². The van der Waals surface area contributed by atoms with Crippen LogP contribution in [-0.2, 0) is 4.74 Å². The summed E-state index contributed by atoms with van der Waals surface area (Å²) in [6, 6.07) is 0.272. The Morgan fingerprint density at radius 2 is 1.88 bits per heavy atom. The topological polar surface area (TPSA) is 41.6 Å². The molecule has 146 valence electrons. The minimum atomic E-state index is -0.425. The Balaban J connectivity index is 1.86. The SMILES string of the molecule is CC(C)CC1CCCN(C[C@@H]2CCCCC2NC(=O)OC(C)(C)C)C1. The molecule has 4 heteroatoms. The first kappa shape index (κ1) is 20.5. The molecular weight excluding hydrogens is 312 g/mol. The van der Waals surface area contributed by atoms with Gasteiger partial charge >= 0.3 is 6.09 Å². The fourth-order valence-electron chi connectivity index (χ4n) is 4.58. The Hall–Kier alpha value is -0.770. The first-order valence-electron chi connectivity index (χ1n) is 10.4. The summed E-state index contributed by atoms with van der Waals surface area (Å²) in [7, 11) is 0. The molecular formula is C21H40N2O2. The summed E-state index contributed by atoms with van der Waals surface area (Å²) < 4.78 is 5.48. The van der Waals surface area contributed by atoms with Crippen LogP contribution in [0.25, 0.3) is 0 Å². The Labute approximate surface area is 155 Å². The molecule has 1 saturated carbocycles. The van der Waals surface area contributed by atoms with Gasteiger partial charge in [-0.3, -0.25) is 0 Å². The number of hydrogen-bond donors (Lipinski definition) is 1. The van der Waals surface area contributed by atoms with E-state index in [1.54, 1.807) is 0 Å². The Morgan fingerprint density at radius 1 is 1.16 bits per heavy atom. The maximum Gasteiger partial charge on any atom is 0.407 e. The van der Waals surface area contributed by atoms with Crippen molar-refractivity contribution in [1.82, 2.24) is 10.2 Å². The standard InChI is InChI=1S/C21H40N2O2/c1-16(2)13-17-9-8-12-23(14-17)15-18-10-6-7-11-19(18)22-20(24)25-21(3,4)5/h16-19H,6-15H2,1-5H3,(H,22,24)/t17?,18-,19?/m0/s1. The van der Waals surface area contributed by atoms with Crippen LogP contribution in [-0.4, -0.2) is 42.3 Å². The number of hydrogen-bond acceptors (Lipinski definition) is 3. The molecule has 25 heavy (non-hydrogen) atoms. The van der Waals surface area contributed by atoms with E-state index in [-0.39, 0.29) is 12.1 Å². The average Bonchev–Trinajstić information content (AvgIpc) is 2.47. The number of nitrogens with one attached hydrogen (secondary N) is 1. The molecule has 0 aromatic rings. The molecule has 2 unspecified atom stereocenters. The molecule has 1 aliphatic heterocycles. The van der Waals surface area contributed by atoms with Gasteiger partial charge in [0.2, 0.25) is 0 Å². The van der Waals surface area contributed by atoms with Gasteiger partial charge in [0.15, 0.2) is 0 Å². The lowest BCUT2D eigenvalue weighted by Gasteiger charge is -2.39. The van der Waals surface area contributed by atoms with Gasteiger partial charge < -0.3 is 15.0 Å². The Kier molecular flexibility index (Phi) is 7.60. The summed E-state index contributed by atoms with van der Waals surface area (Å²) in [6.07, 6.45) is 8.64. The summed E-state index contributed by atoms with van der Waals surface area (Å²) in [6.45, 7) is 14.0. The summed E-state index contributed by atoms with van der Waals surface area (Å²) in [4.78, 5) is 14.9. The van der Waals surface area contributed by atoms with Crippen LogP contribution in [0.1, 0.15) is 79.6 Å². The van der Waals surface area contributed by atoms with Gasteiger partial charge in [0, 0.05) is 19.1 Å². The lowest BCUT2D eigenvalue weighted by atomic mass is 9.83. The van der Waals surface area contributed by atoms with Crippen LogP contribution in [0.5, 0.6) is 0 Å². The van der Waals surface area contributed by atoms with E-state index >= 15 is 0 Å². The molecule has 2 fully saturated rings. The number of nitrogens with zero attached hydrogens (tertiary/aromatic N) is 1. The zero-order valence-corrected chi connectivity index (χ0v) is 17.1. The van der Waals surface area contributed by atoms with Crippen molar-refractivity contribution in [2.24, 2.45) is 17.8 Å². The third-order valence-corrected chi connectivity index (χ3v) is 5.51. The van der Waals surface area contributed by atoms with Crippen molar-refractivity contribution in [3.05, 3.63) is 0 Å². The van der Waals surface area contributed by atoms with E-state index in [1.807, 2.05) is 20.8 Å². The summed E-state index contributed by atoms with van der Waals surface area (Å²) >= 11 is 0. The van der Waals surface area contributed by atoms with Gasteiger partial charge in [0.05, 0.1) is 0 Å². The molecule has 1 N–H and O–H groups in total. The highest BCUT2D eigenvalue weighted by Gasteiger charge is 2.31. The minimum absolute atomic E-state index is 0.249. The maximum absolute atomic E-state index is 12.2. The molecule has 1 amide bonds. The molecule has 1 aliphatic carbocycles. The van der Waals surface area contributed by atoms with Crippen molar-refractivity contribution < 1.29 is 9.53 Å². The lowest BCUT2D eigenvalue weighted by molar-refractivity contribution is 0.0441. The third kappa shape index (κ3) is 7.55. The molecule has 0 spiro atoms. The molecule has 1 heterocycles. The van der Waals surface area contributed by atoms with Gasteiger partial charge in [0.25, 0.3) is 0 Å².